The number of anilines is 1. The predicted molar refractivity (Wildman–Crippen MR) is 119 cm³/mol. The molecule has 156 valence electrons. The maximum atomic E-state index is 14.9. The smallest absolute Gasteiger partial charge is 0.263 e. The number of nitrogens with zero attached hydrogens (tertiary/aromatic N) is 5. The average Bonchev–Trinajstić information content (AvgIpc) is 2.76. The summed E-state index contributed by atoms with van der Waals surface area (Å²) in [5.41, 5.74) is 3.12. The third-order valence-electron chi connectivity index (χ3n) is 5.80. The van der Waals surface area contributed by atoms with Crippen molar-refractivity contribution in [3.8, 4) is 11.3 Å². The summed E-state index contributed by atoms with van der Waals surface area (Å²) in [6.45, 7) is 3.17. The third-order valence-corrected chi connectivity index (χ3v) is 6.03. The Hall–Kier alpha value is -3.32. The molecule has 0 saturated carbocycles. The van der Waals surface area contributed by atoms with E-state index in [0.717, 1.165) is 13.0 Å². The number of hydrogen-bond acceptors (Lipinski definition) is 5. The monoisotopic (exact) mass is 435 g/mol. The number of pyridine rings is 2. The van der Waals surface area contributed by atoms with Crippen LogP contribution in [0.2, 0.25) is 5.02 Å². The Balaban J connectivity index is 1.75. The highest BCUT2D eigenvalue weighted by Crippen LogP contribution is 2.32. The quantitative estimate of drug-likeness (QED) is 0.475. The normalized spacial score (nSPS) is 13.5. The minimum absolute atomic E-state index is 0.223. The lowest BCUT2D eigenvalue weighted by molar-refractivity contribution is 0.631. The molecule has 31 heavy (non-hydrogen) atoms. The molecule has 3 aromatic heterocycles. The molecular formula is C23H19ClFN5O. The van der Waals surface area contributed by atoms with Crippen molar-refractivity contribution >= 4 is 28.3 Å². The van der Waals surface area contributed by atoms with Gasteiger partial charge in [0.05, 0.1) is 16.6 Å². The number of benzene rings is 1. The van der Waals surface area contributed by atoms with Crippen molar-refractivity contribution in [2.24, 2.45) is 7.05 Å². The van der Waals surface area contributed by atoms with Crippen molar-refractivity contribution in [2.75, 3.05) is 11.4 Å². The standard InChI is InChI=1S/C23H19ClFN5O/c1-13-27-19-10-20(30-8-6-14-11-26-7-5-15(14)12-30)28-22(21(19)23(31)29(13)2)17-4-3-16(24)9-18(17)25/h3-5,7,9-11H,6,8,12H2,1-2H3. The van der Waals surface area contributed by atoms with Crippen LogP contribution in [0.5, 0.6) is 0 Å². The first-order valence-corrected chi connectivity index (χ1v) is 10.3. The SMILES string of the molecule is Cc1nc2cc(N3CCc4cnccc4C3)nc(-c3ccc(Cl)cc3F)c2c(=O)n1C. The van der Waals surface area contributed by atoms with Gasteiger partial charge in [0.1, 0.15) is 17.5 Å². The lowest BCUT2D eigenvalue weighted by Gasteiger charge is -2.30. The summed E-state index contributed by atoms with van der Waals surface area (Å²) in [4.78, 5) is 28.8. The van der Waals surface area contributed by atoms with Gasteiger partial charge in [0, 0.05) is 49.2 Å². The van der Waals surface area contributed by atoms with Gasteiger partial charge in [0.25, 0.3) is 5.56 Å². The molecule has 4 aromatic rings. The zero-order chi connectivity index (χ0) is 21.7. The zero-order valence-electron chi connectivity index (χ0n) is 17.1. The Morgan fingerprint density at radius 1 is 1.13 bits per heavy atom. The molecule has 1 aliphatic rings. The van der Waals surface area contributed by atoms with Crippen LogP contribution in [0.15, 0.2) is 47.5 Å². The molecule has 0 unspecified atom stereocenters. The second kappa shape index (κ2) is 7.42. The van der Waals surface area contributed by atoms with Crippen LogP contribution in [0.3, 0.4) is 0 Å². The van der Waals surface area contributed by atoms with E-state index >= 15 is 0 Å². The Labute approximate surface area is 183 Å². The molecule has 0 atom stereocenters. The van der Waals surface area contributed by atoms with Crippen LogP contribution in [0, 0.1) is 12.7 Å². The first-order chi connectivity index (χ1) is 14.9. The molecule has 0 N–H and O–H groups in total. The number of fused-ring (bicyclic) bond motifs is 2. The summed E-state index contributed by atoms with van der Waals surface area (Å²) in [7, 11) is 1.65. The molecule has 0 saturated heterocycles. The van der Waals surface area contributed by atoms with Crippen molar-refractivity contribution in [1.29, 1.82) is 0 Å². The summed E-state index contributed by atoms with van der Waals surface area (Å²) in [5, 5.41) is 0.574. The number of halogens is 2. The van der Waals surface area contributed by atoms with Crippen molar-refractivity contribution in [2.45, 2.75) is 19.9 Å². The summed E-state index contributed by atoms with van der Waals surface area (Å²) in [6, 6.07) is 8.19. The minimum atomic E-state index is -0.531. The van der Waals surface area contributed by atoms with Crippen LogP contribution in [0.4, 0.5) is 10.2 Å². The summed E-state index contributed by atoms with van der Waals surface area (Å²) in [6.07, 6.45) is 4.50. The summed E-state index contributed by atoms with van der Waals surface area (Å²) >= 11 is 5.95. The number of aromatic nitrogens is 4. The lowest BCUT2D eigenvalue weighted by Crippen LogP contribution is -2.31. The lowest BCUT2D eigenvalue weighted by atomic mass is 10.0. The first-order valence-electron chi connectivity index (χ1n) is 9.93. The van der Waals surface area contributed by atoms with Crippen molar-refractivity contribution in [3.05, 3.63) is 80.9 Å². The van der Waals surface area contributed by atoms with E-state index in [1.54, 1.807) is 32.3 Å². The fourth-order valence-corrected chi connectivity index (χ4v) is 4.15. The number of rotatable bonds is 2. The fraction of sp³-hybridized carbons (Fsp3) is 0.217. The molecule has 8 heteroatoms. The van der Waals surface area contributed by atoms with Crippen molar-refractivity contribution < 1.29 is 4.39 Å². The van der Waals surface area contributed by atoms with Crippen LogP contribution in [-0.2, 0) is 20.0 Å². The molecule has 6 nitrogen and oxygen atoms in total. The van der Waals surface area contributed by atoms with E-state index in [-0.39, 0.29) is 21.8 Å². The Kier molecular flexibility index (Phi) is 4.70. The highest BCUT2D eigenvalue weighted by Gasteiger charge is 2.22. The minimum Gasteiger partial charge on any atom is -0.352 e. The molecular weight excluding hydrogens is 417 g/mol. The van der Waals surface area contributed by atoms with Crippen molar-refractivity contribution in [1.82, 2.24) is 19.5 Å². The van der Waals surface area contributed by atoms with Gasteiger partial charge in [-0.05, 0) is 48.7 Å². The van der Waals surface area contributed by atoms with Gasteiger partial charge < -0.3 is 4.90 Å². The second-order valence-electron chi connectivity index (χ2n) is 7.69. The Morgan fingerprint density at radius 2 is 1.97 bits per heavy atom. The number of hydrogen-bond donors (Lipinski definition) is 0. The van der Waals surface area contributed by atoms with Crippen LogP contribution in [0.1, 0.15) is 17.0 Å². The molecule has 0 spiro atoms. The molecule has 5 rings (SSSR count). The number of aryl methyl sites for hydroxylation is 1. The van der Waals surface area contributed by atoms with Crippen LogP contribution in [-0.4, -0.2) is 26.1 Å². The molecule has 0 fully saturated rings. The largest absolute Gasteiger partial charge is 0.352 e. The van der Waals surface area contributed by atoms with E-state index in [9.17, 15) is 9.18 Å². The van der Waals surface area contributed by atoms with Gasteiger partial charge >= 0.3 is 0 Å². The molecule has 0 radical (unpaired) electrons. The van der Waals surface area contributed by atoms with E-state index < -0.39 is 5.82 Å². The third kappa shape index (κ3) is 3.35. The topological polar surface area (TPSA) is 63.9 Å². The maximum absolute atomic E-state index is 14.9. The summed E-state index contributed by atoms with van der Waals surface area (Å²) in [5.74, 6) is 0.697. The molecule has 0 bridgehead atoms. The Bertz CT molecular complexity index is 1400. The fourth-order valence-electron chi connectivity index (χ4n) is 3.99. The van der Waals surface area contributed by atoms with E-state index in [0.29, 0.717) is 29.1 Å². The van der Waals surface area contributed by atoms with Gasteiger partial charge in [0.2, 0.25) is 0 Å². The molecule has 1 aliphatic heterocycles. The Morgan fingerprint density at radius 3 is 2.77 bits per heavy atom. The van der Waals surface area contributed by atoms with E-state index in [1.165, 1.54) is 21.8 Å². The van der Waals surface area contributed by atoms with Gasteiger partial charge in [0.15, 0.2) is 0 Å². The average molecular weight is 436 g/mol. The van der Waals surface area contributed by atoms with E-state index in [4.69, 9.17) is 16.6 Å². The highest BCUT2D eigenvalue weighted by molar-refractivity contribution is 6.30. The van der Waals surface area contributed by atoms with Crippen LogP contribution >= 0.6 is 11.6 Å². The zero-order valence-corrected chi connectivity index (χ0v) is 17.8. The molecule has 4 heterocycles. The van der Waals surface area contributed by atoms with Gasteiger partial charge in [-0.1, -0.05) is 11.6 Å². The predicted octanol–water partition coefficient (Wildman–Crippen LogP) is 4.05. The molecule has 1 aromatic carbocycles. The first kappa shape index (κ1) is 19.6. The molecule has 0 aliphatic carbocycles. The maximum Gasteiger partial charge on any atom is 0.263 e. The van der Waals surface area contributed by atoms with Crippen molar-refractivity contribution in [3.63, 3.8) is 0 Å². The van der Waals surface area contributed by atoms with Gasteiger partial charge in [-0.15, -0.1) is 0 Å². The van der Waals surface area contributed by atoms with E-state index in [1.807, 2.05) is 18.3 Å². The van der Waals surface area contributed by atoms with Crippen LogP contribution < -0.4 is 10.5 Å². The summed E-state index contributed by atoms with van der Waals surface area (Å²) < 4.78 is 16.3. The van der Waals surface area contributed by atoms with Gasteiger partial charge in [-0.25, -0.2) is 14.4 Å². The van der Waals surface area contributed by atoms with E-state index in [2.05, 4.69) is 14.9 Å². The van der Waals surface area contributed by atoms with Crippen LogP contribution in [0.25, 0.3) is 22.2 Å². The van der Waals surface area contributed by atoms with Gasteiger partial charge in [-0.2, -0.15) is 0 Å². The van der Waals surface area contributed by atoms with Gasteiger partial charge in [-0.3, -0.25) is 14.3 Å². The second-order valence-corrected chi connectivity index (χ2v) is 8.12. The molecule has 0 amide bonds. The highest BCUT2D eigenvalue weighted by atomic mass is 35.5.